The molecule has 252 valence electrons. The molecule has 2 N–H and O–H groups in total. The highest BCUT2D eigenvalue weighted by Crippen LogP contribution is 2.38. The monoisotopic (exact) mass is 665 g/mol. The molecule has 4 amide bonds. The molecule has 1 aliphatic carbocycles. The maximum absolute atomic E-state index is 13.3. The Kier molecular flexibility index (Phi) is 9.19. The number of imide groups is 1. The molecule has 0 aromatic heterocycles. The standard InChI is InChI=1S/C32H42F3N5O5S/c1-20-17-23(19-40-28(42)30(3,4)38-29(40)43)18-21(2)25(20)10-16-46(44,45)39-14-12-31(13-15-39)27(41)36-26(37-31)24-7-5-22(6-8-24)9-11-32(33,34)35/h10,16-18,22,24H,5-9,11-15,19H2,1-4H3,(H,38,43)(H,36,37,41)/b16-10+. The van der Waals surface area contributed by atoms with Crippen LogP contribution < -0.4 is 10.6 Å². The third-order valence-electron chi connectivity index (χ3n) is 9.82. The summed E-state index contributed by atoms with van der Waals surface area (Å²) >= 11 is 0. The van der Waals surface area contributed by atoms with Crippen LogP contribution in [-0.4, -0.2) is 71.6 Å². The molecule has 2 saturated heterocycles. The van der Waals surface area contributed by atoms with Crippen LogP contribution in [0, 0.1) is 25.7 Å². The molecule has 1 aromatic carbocycles. The number of hydrogen-bond acceptors (Lipinski definition) is 6. The van der Waals surface area contributed by atoms with E-state index >= 15 is 0 Å². The van der Waals surface area contributed by atoms with Gasteiger partial charge in [0.25, 0.3) is 11.8 Å². The predicted octanol–water partition coefficient (Wildman–Crippen LogP) is 4.95. The number of aliphatic imine (C=N–C) groups is 1. The molecule has 4 aliphatic rings. The summed E-state index contributed by atoms with van der Waals surface area (Å²) in [6.45, 7) is 7.33. The van der Waals surface area contributed by atoms with Crippen molar-refractivity contribution in [2.24, 2.45) is 16.8 Å². The van der Waals surface area contributed by atoms with E-state index in [4.69, 9.17) is 4.99 Å². The van der Waals surface area contributed by atoms with Crippen molar-refractivity contribution in [1.29, 1.82) is 0 Å². The SMILES string of the molecule is Cc1cc(CN2C(=O)NC(C)(C)C2=O)cc(C)c1/C=C/S(=O)(=O)N1CCC2(CC1)N=C(C1CCC(CCC(F)(F)F)CC1)NC2=O. The Bertz CT molecular complexity index is 1550. The molecule has 10 nitrogen and oxygen atoms in total. The van der Waals surface area contributed by atoms with Gasteiger partial charge in [-0.2, -0.15) is 17.5 Å². The number of amidine groups is 1. The Morgan fingerprint density at radius 1 is 1.02 bits per heavy atom. The highest BCUT2D eigenvalue weighted by atomic mass is 32.2. The summed E-state index contributed by atoms with van der Waals surface area (Å²) in [6, 6.07) is 3.21. The molecule has 5 rings (SSSR count). The summed E-state index contributed by atoms with van der Waals surface area (Å²) in [5.41, 5.74) is 1.07. The molecule has 46 heavy (non-hydrogen) atoms. The summed E-state index contributed by atoms with van der Waals surface area (Å²) in [5.74, 6) is 0.0510. The Labute approximate surface area is 267 Å². The van der Waals surface area contributed by atoms with Crippen LogP contribution in [0.25, 0.3) is 6.08 Å². The number of halogens is 3. The topological polar surface area (TPSA) is 128 Å². The number of hydrogen-bond donors (Lipinski definition) is 2. The smallest absolute Gasteiger partial charge is 0.324 e. The van der Waals surface area contributed by atoms with Crippen molar-refractivity contribution in [3.8, 4) is 0 Å². The van der Waals surface area contributed by atoms with E-state index in [1.54, 1.807) is 19.9 Å². The van der Waals surface area contributed by atoms with Gasteiger partial charge in [-0.1, -0.05) is 12.1 Å². The van der Waals surface area contributed by atoms with Crippen LogP contribution >= 0.6 is 0 Å². The van der Waals surface area contributed by atoms with Crippen molar-refractivity contribution in [2.45, 2.75) is 103 Å². The second kappa shape index (κ2) is 12.4. The highest BCUT2D eigenvalue weighted by Gasteiger charge is 2.48. The fraction of sp³-hybridized carbons (Fsp3) is 0.625. The molecule has 1 spiro atoms. The van der Waals surface area contributed by atoms with Gasteiger partial charge in [-0.3, -0.25) is 19.5 Å². The summed E-state index contributed by atoms with van der Waals surface area (Å²) < 4.78 is 65.8. The number of aryl methyl sites for hydroxylation is 2. The number of rotatable bonds is 8. The molecule has 14 heteroatoms. The largest absolute Gasteiger partial charge is 0.389 e. The maximum Gasteiger partial charge on any atom is 0.389 e. The maximum atomic E-state index is 13.3. The summed E-state index contributed by atoms with van der Waals surface area (Å²) in [4.78, 5) is 43.9. The number of carbonyl (C=O) groups excluding carboxylic acids is 3. The first-order valence-electron chi connectivity index (χ1n) is 15.8. The minimum absolute atomic E-state index is 0.00661. The van der Waals surface area contributed by atoms with Gasteiger partial charge < -0.3 is 10.6 Å². The number of nitrogens with one attached hydrogen (secondary N) is 2. The van der Waals surface area contributed by atoms with E-state index in [-0.39, 0.29) is 62.5 Å². The molecule has 1 aromatic rings. The minimum atomic E-state index is -4.15. The fourth-order valence-corrected chi connectivity index (χ4v) is 8.25. The van der Waals surface area contributed by atoms with Gasteiger partial charge in [0.1, 0.15) is 16.9 Å². The van der Waals surface area contributed by atoms with E-state index in [9.17, 15) is 36.0 Å². The van der Waals surface area contributed by atoms with E-state index in [1.165, 1.54) is 14.6 Å². The highest BCUT2D eigenvalue weighted by molar-refractivity contribution is 7.92. The van der Waals surface area contributed by atoms with Gasteiger partial charge in [0.2, 0.25) is 10.0 Å². The summed E-state index contributed by atoms with van der Waals surface area (Å²) in [7, 11) is -3.80. The summed E-state index contributed by atoms with van der Waals surface area (Å²) in [6.07, 6.45) is -0.0936. The average Bonchev–Trinajstić information content (AvgIpc) is 3.38. The zero-order valence-electron chi connectivity index (χ0n) is 26.7. The third kappa shape index (κ3) is 7.17. The summed E-state index contributed by atoms with van der Waals surface area (Å²) in [5, 5.41) is 6.74. The average molecular weight is 666 g/mol. The number of nitrogens with zero attached hydrogens (tertiary/aromatic N) is 3. The van der Waals surface area contributed by atoms with E-state index in [0.29, 0.717) is 31.5 Å². The van der Waals surface area contributed by atoms with Gasteiger partial charge in [0.05, 0.1) is 6.54 Å². The minimum Gasteiger partial charge on any atom is -0.324 e. The molecule has 0 unspecified atom stereocenters. The van der Waals surface area contributed by atoms with Crippen molar-refractivity contribution in [3.63, 3.8) is 0 Å². The van der Waals surface area contributed by atoms with Crippen LogP contribution in [-0.2, 0) is 26.2 Å². The Morgan fingerprint density at radius 3 is 2.17 bits per heavy atom. The fourth-order valence-electron chi connectivity index (χ4n) is 7.08. The molecule has 0 atom stereocenters. The Morgan fingerprint density at radius 2 is 1.63 bits per heavy atom. The second-order valence-corrected chi connectivity index (χ2v) is 15.5. The lowest BCUT2D eigenvalue weighted by atomic mass is 9.79. The molecule has 1 saturated carbocycles. The predicted molar refractivity (Wildman–Crippen MR) is 167 cm³/mol. The number of benzene rings is 1. The number of amides is 4. The zero-order chi connectivity index (χ0) is 33.7. The first-order chi connectivity index (χ1) is 21.4. The van der Waals surface area contributed by atoms with Gasteiger partial charge in [-0.05, 0) is 107 Å². The van der Waals surface area contributed by atoms with Gasteiger partial charge in [0, 0.05) is 30.8 Å². The van der Waals surface area contributed by atoms with Crippen molar-refractivity contribution >= 4 is 39.8 Å². The van der Waals surface area contributed by atoms with E-state index < -0.39 is 39.7 Å². The van der Waals surface area contributed by atoms with E-state index in [1.807, 2.05) is 26.0 Å². The van der Waals surface area contributed by atoms with Crippen molar-refractivity contribution in [1.82, 2.24) is 19.8 Å². The van der Waals surface area contributed by atoms with Crippen LogP contribution in [0.15, 0.2) is 22.5 Å². The third-order valence-corrected chi connectivity index (χ3v) is 11.4. The lowest BCUT2D eigenvalue weighted by Gasteiger charge is -2.34. The lowest BCUT2D eigenvalue weighted by Crippen LogP contribution is -2.50. The van der Waals surface area contributed by atoms with Crippen LogP contribution in [0.3, 0.4) is 0 Å². The van der Waals surface area contributed by atoms with Crippen molar-refractivity contribution in [2.75, 3.05) is 13.1 Å². The van der Waals surface area contributed by atoms with E-state index in [2.05, 4.69) is 10.6 Å². The quantitative estimate of drug-likeness (QED) is 0.380. The van der Waals surface area contributed by atoms with Gasteiger partial charge in [-0.25, -0.2) is 13.2 Å². The van der Waals surface area contributed by atoms with Crippen LogP contribution in [0.4, 0.5) is 18.0 Å². The Hall–Kier alpha value is -3.26. The number of carbonyl (C=O) groups is 3. The van der Waals surface area contributed by atoms with Crippen LogP contribution in [0.2, 0.25) is 0 Å². The molecule has 3 heterocycles. The van der Waals surface area contributed by atoms with Crippen LogP contribution in [0.5, 0.6) is 0 Å². The first-order valence-corrected chi connectivity index (χ1v) is 17.3. The number of alkyl halides is 3. The van der Waals surface area contributed by atoms with Gasteiger partial charge in [0.15, 0.2) is 0 Å². The molecule has 3 aliphatic heterocycles. The molecular formula is C32H42F3N5O5S. The Balaban J connectivity index is 1.18. The molecule has 3 fully saturated rings. The second-order valence-electron chi connectivity index (χ2n) is 13.7. The normalized spacial score (nSPS) is 25.3. The number of piperidine rings is 1. The molecule has 0 bridgehead atoms. The van der Waals surface area contributed by atoms with Crippen molar-refractivity contribution in [3.05, 3.63) is 39.8 Å². The van der Waals surface area contributed by atoms with E-state index in [0.717, 1.165) is 22.3 Å². The molecule has 0 radical (unpaired) electrons. The zero-order valence-corrected chi connectivity index (χ0v) is 27.5. The number of sulfonamides is 1. The van der Waals surface area contributed by atoms with Crippen LogP contribution in [0.1, 0.15) is 87.5 Å². The van der Waals surface area contributed by atoms with Gasteiger partial charge in [-0.15, -0.1) is 0 Å². The van der Waals surface area contributed by atoms with Gasteiger partial charge >= 0.3 is 12.2 Å². The molecular weight excluding hydrogens is 623 g/mol. The lowest BCUT2D eigenvalue weighted by molar-refractivity contribution is -0.138. The number of urea groups is 1. The van der Waals surface area contributed by atoms with Crippen molar-refractivity contribution < 1.29 is 36.0 Å². The first kappa shape index (κ1) is 34.1.